The molecular weight excluding hydrogens is 138 g/mol. The Hall–Kier alpha value is -0.830. The first-order valence-corrected chi connectivity index (χ1v) is 4.02. The van der Waals surface area contributed by atoms with Gasteiger partial charge in [0, 0.05) is 11.6 Å². The van der Waals surface area contributed by atoms with E-state index in [1.165, 1.54) is 6.20 Å². The van der Waals surface area contributed by atoms with Crippen molar-refractivity contribution in [3.8, 4) is 0 Å². The molecule has 0 aromatic carbocycles. The Kier molecular flexibility index (Phi) is 3.11. The standard InChI is InChI=1S/C8H15N3/c9-4-1-8(10)7-2-5-11-6-3-7/h1,4,7,10-11H,2-3,5-6,9H2/b4-1-,10-8?. The minimum Gasteiger partial charge on any atom is -0.405 e. The fourth-order valence-corrected chi connectivity index (χ4v) is 1.37. The first-order chi connectivity index (χ1) is 5.34. The van der Waals surface area contributed by atoms with Crippen molar-refractivity contribution in [3.05, 3.63) is 12.3 Å². The van der Waals surface area contributed by atoms with Gasteiger partial charge in [0.1, 0.15) is 0 Å². The summed E-state index contributed by atoms with van der Waals surface area (Å²) in [7, 11) is 0. The van der Waals surface area contributed by atoms with Crippen molar-refractivity contribution < 1.29 is 0 Å². The van der Waals surface area contributed by atoms with E-state index in [1.807, 2.05) is 0 Å². The molecule has 0 amide bonds. The summed E-state index contributed by atoms with van der Waals surface area (Å²) in [6.07, 6.45) is 5.28. The maximum atomic E-state index is 7.59. The lowest BCUT2D eigenvalue weighted by molar-refractivity contribution is 0.456. The molecule has 0 atom stereocenters. The van der Waals surface area contributed by atoms with Gasteiger partial charge >= 0.3 is 0 Å². The van der Waals surface area contributed by atoms with E-state index >= 15 is 0 Å². The molecule has 3 nitrogen and oxygen atoms in total. The summed E-state index contributed by atoms with van der Waals surface area (Å²) in [5.74, 6) is 0.427. The predicted molar refractivity (Wildman–Crippen MR) is 46.6 cm³/mol. The average Bonchev–Trinajstić information content (AvgIpc) is 2.07. The Morgan fingerprint density at radius 3 is 2.64 bits per heavy atom. The van der Waals surface area contributed by atoms with Crippen LogP contribution in [0.3, 0.4) is 0 Å². The van der Waals surface area contributed by atoms with Gasteiger partial charge < -0.3 is 16.5 Å². The van der Waals surface area contributed by atoms with E-state index < -0.39 is 0 Å². The molecule has 1 aliphatic heterocycles. The largest absolute Gasteiger partial charge is 0.405 e. The zero-order valence-electron chi connectivity index (χ0n) is 6.64. The predicted octanol–water partition coefficient (Wildman–Crippen LogP) is 0.478. The third-order valence-corrected chi connectivity index (χ3v) is 2.05. The normalized spacial score (nSPS) is 20.7. The van der Waals surface area contributed by atoms with Gasteiger partial charge in [-0.3, -0.25) is 0 Å². The molecule has 0 spiro atoms. The average molecular weight is 153 g/mol. The van der Waals surface area contributed by atoms with Crippen LogP contribution in [-0.4, -0.2) is 18.8 Å². The highest BCUT2D eigenvalue weighted by atomic mass is 14.9. The molecule has 0 unspecified atom stereocenters. The Bertz CT molecular complexity index is 157. The van der Waals surface area contributed by atoms with Crippen molar-refractivity contribution in [1.82, 2.24) is 5.32 Å². The molecule has 1 aliphatic rings. The van der Waals surface area contributed by atoms with Crippen LogP contribution in [0.4, 0.5) is 0 Å². The van der Waals surface area contributed by atoms with Crippen LogP contribution in [0.5, 0.6) is 0 Å². The van der Waals surface area contributed by atoms with Crippen LogP contribution < -0.4 is 11.1 Å². The molecule has 11 heavy (non-hydrogen) atoms. The quantitative estimate of drug-likeness (QED) is 0.505. The molecule has 4 N–H and O–H groups in total. The lowest BCUT2D eigenvalue weighted by atomic mass is 9.93. The van der Waals surface area contributed by atoms with Crippen LogP contribution in [0.2, 0.25) is 0 Å². The zero-order chi connectivity index (χ0) is 8.10. The van der Waals surface area contributed by atoms with Gasteiger partial charge in [-0.15, -0.1) is 0 Å². The molecule has 1 fully saturated rings. The zero-order valence-corrected chi connectivity index (χ0v) is 6.64. The lowest BCUT2D eigenvalue weighted by Gasteiger charge is -2.21. The Balaban J connectivity index is 2.38. The van der Waals surface area contributed by atoms with E-state index in [9.17, 15) is 0 Å². The minimum absolute atomic E-state index is 0.427. The molecule has 1 heterocycles. The van der Waals surface area contributed by atoms with Crippen LogP contribution in [0.25, 0.3) is 0 Å². The summed E-state index contributed by atoms with van der Waals surface area (Å²) in [6.45, 7) is 2.07. The number of allylic oxidation sites excluding steroid dienone is 1. The van der Waals surface area contributed by atoms with Gasteiger partial charge in [0.25, 0.3) is 0 Å². The number of hydrogen-bond donors (Lipinski definition) is 3. The van der Waals surface area contributed by atoms with Crippen LogP contribution in [0.15, 0.2) is 12.3 Å². The van der Waals surface area contributed by atoms with Crippen LogP contribution in [0, 0.1) is 11.3 Å². The number of nitrogens with two attached hydrogens (primary N) is 1. The molecule has 1 saturated heterocycles. The van der Waals surface area contributed by atoms with Gasteiger partial charge in [-0.25, -0.2) is 0 Å². The first kappa shape index (κ1) is 8.27. The summed E-state index contributed by atoms with van der Waals surface area (Å²) < 4.78 is 0. The summed E-state index contributed by atoms with van der Waals surface area (Å²) in [5, 5.41) is 10.8. The highest BCUT2D eigenvalue weighted by molar-refractivity contribution is 5.94. The van der Waals surface area contributed by atoms with Crippen LogP contribution in [-0.2, 0) is 0 Å². The second-order valence-corrected chi connectivity index (χ2v) is 2.84. The van der Waals surface area contributed by atoms with Gasteiger partial charge in [-0.2, -0.15) is 0 Å². The highest BCUT2D eigenvalue weighted by Crippen LogP contribution is 2.12. The molecule has 3 heteroatoms. The van der Waals surface area contributed by atoms with Gasteiger partial charge in [0.15, 0.2) is 0 Å². The second kappa shape index (κ2) is 4.13. The molecule has 0 radical (unpaired) electrons. The van der Waals surface area contributed by atoms with Crippen molar-refractivity contribution in [2.75, 3.05) is 13.1 Å². The summed E-state index contributed by atoms with van der Waals surface area (Å²) >= 11 is 0. The topological polar surface area (TPSA) is 61.9 Å². The van der Waals surface area contributed by atoms with E-state index in [2.05, 4.69) is 5.32 Å². The molecular formula is C8H15N3. The SMILES string of the molecule is N=C(/C=C\N)C1CCNCC1. The van der Waals surface area contributed by atoms with Crippen molar-refractivity contribution in [3.63, 3.8) is 0 Å². The lowest BCUT2D eigenvalue weighted by Crippen LogP contribution is -2.31. The monoisotopic (exact) mass is 153 g/mol. The summed E-state index contributed by atoms with van der Waals surface area (Å²) in [6, 6.07) is 0. The third kappa shape index (κ3) is 2.35. The molecule has 0 aromatic heterocycles. The van der Waals surface area contributed by atoms with E-state index in [0.29, 0.717) is 11.6 Å². The van der Waals surface area contributed by atoms with Crippen molar-refractivity contribution in [2.24, 2.45) is 11.7 Å². The highest BCUT2D eigenvalue weighted by Gasteiger charge is 2.15. The van der Waals surface area contributed by atoms with Gasteiger partial charge in [0.05, 0.1) is 0 Å². The van der Waals surface area contributed by atoms with Crippen LogP contribution >= 0.6 is 0 Å². The maximum absolute atomic E-state index is 7.59. The third-order valence-electron chi connectivity index (χ3n) is 2.05. The maximum Gasteiger partial charge on any atom is 0.0360 e. The fourth-order valence-electron chi connectivity index (χ4n) is 1.37. The first-order valence-electron chi connectivity index (χ1n) is 4.02. The van der Waals surface area contributed by atoms with E-state index in [4.69, 9.17) is 11.1 Å². The Labute approximate surface area is 67.2 Å². The second-order valence-electron chi connectivity index (χ2n) is 2.84. The Morgan fingerprint density at radius 1 is 1.45 bits per heavy atom. The number of nitrogens with one attached hydrogen (secondary N) is 2. The number of piperidine rings is 1. The van der Waals surface area contributed by atoms with Crippen molar-refractivity contribution in [2.45, 2.75) is 12.8 Å². The van der Waals surface area contributed by atoms with Gasteiger partial charge in [-0.05, 0) is 38.2 Å². The molecule has 0 aliphatic carbocycles. The number of rotatable bonds is 2. The minimum atomic E-state index is 0.427. The van der Waals surface area contributed by atoms with E-state index in [1.54, 1.807) is 6.08 Å². The van der Waals surface area contributed by atoms with Crippen molar-refractivity contribution in [1.29, 1.82) is 5.41 Å². The fraction of sp³-hybridized carbons (Fsp3) is 0.625. The molecule has 62 valence electrons. The van der Waals surface area contributed by atoms with Crippen LogP contribution in [0.1, 0.15) is 12.8 Å². The Morgan fingerprint density at radius 2 is 2.09 bits per heavy atom. The smallest absolute Gasteiger partial charge is 0.0360 e. The molecule has 1 rings (SSSR count). The van der Waals surface area contributed by atoms with Gasteiger partial charge in [0.2, 0.25) is 0 Å². The summed E-state index contributed by atoms with van der Waals surface area (Å²) in [4.78, 5) is 0. The van der Waals surface area contributed by atoms with E-state index in [-0.39, 0.29) is 0 Å². The summed E-state index contributed by atoms with van der Waals surface area (Å²) in [5.41, 5.74) is 5.87. The number of hydrogen-bond acceptors (Lipinski definition) is 3. The van der Waals surface area contributed by atoms with Crippen molar-refractivity contribution >= 4 is 5.71 Å². The molecule has 0 aromatic rings. The molecule has 0 bridgehead atoms. The van der Waals surface area contributed by atoms with E-state index in [0.717, 1.165) is 25.9 Å². The van der Waals surface area contributed by atoms with Gasteiger partial charge in [-0.1, -0.05) is 0 Å². The molecule has 0 saturated carbocycles.